The topological polar surface area (TPSA) is 58.4 Å². The van der Waals surface area contributed by atoms with Crippen LogP contribution >= 0.6 is 11.8 Å². The number of thioether (sulfide) groups is 1. The summed E-state index contributed by atoms with van der Waals surface area (Å²) in [7, 11) is 3.76. The third-order valence-electron chi connectivity index (χ3n) is 3.11. The summed E-state index contributed by atoms with van der Waals surface area (Å²) < 4.78 is 1.74. The van der Waals surface area contributed by atoms with Gasteiger partial charge in [-0.15, -0.1) is 11.8 Å². The van der Waals surface area contributed by atoms with Crippen LogP contribution in [0.15, 0.2) is 35.5 Å². The normalized spacial score (nSPS) is 10.6. The van der Waals surface area contributed by atoms with Crippen molar-refractivity contribution in [3.63, 3.8) is 0 Å². The summed E-state index contributed by atoms with van der Waals surface area (Å²) in [4.78, 5) is 14.4. The van der Waals surface area contributed by atoms with Crippen molar-refractivity contribution >= 4 is 23.4 Å². The van der Waals surface area contributed by atoms with Crippen LogP contribution in [0.25, 0.3) is 0 Å². The smallest absolute Gasteiger partial charge is 0.338 e. The highest BCUT2D eigenvalue weighted by Gasteiger charge is 2.18. The van der Waals surface area contributed by atoms with Crippen LogP contribution in [0.3, 0.4) is 0 Å². The van der Waals surface area contributed by atoms with Crippen LogP contribution in [0, 0.1) is 0 Å². The van der Waals surface area contributed by atoms with Crippen molar-refractivity contribution in [2.45, 2.75) is 18.4 Å². The summed E-state index contributed by atoms with van der Waals surface area (Å²) in [6, 6.07) is 5.61. The van der Waals surface area contributed by atoms with Gasteiger partial charge in [0.2, 0.25) is 0 Å². The molecule has 0 fully saturated rings. The van der Waals surface area contributed by atoms with Gasteiger partial charge in [-0.1, -0.05) is 13.0 Å². The second-order valence-electron chi connectivity index (χ2n) is 4.77. The van der Waals surface area contributed by atoms with Crippen LogP contribution in [0.1, 0.15) is 22.8 Å². The van der Waals surface area contributed by atoms with Gasteiger partial charge in [0.25, 0.3) is 0 Å². The number of carboxylic acid groups (broad SMARTS) is 1. The first-order valence-electron chi connectivity index (χ1n) is 6.70. The monoisotopic (exact) mass is 305 g/mol. The van der Waals surface area contributed by atoms with E-state index in [4.69, 9.17) is 0 Å². The average Bonchev–Trinajstić information content (AvgIpc) is 2.84. The molecule has 0 spiro atoms. The van der Waals surface area contributed by atoms with Crippen LogP contribution < -0.4 is 4.90 Å². The van der Waals surface area contributed by atoms with E-state index in [9.17, 15) is 9.90 Å². The summed E-state index contributed by atoms with van der Waals surface area (Å²) in [5, 5.41) is 13.7. The van der Waals surface area contributed by atoms with Crippen molar-refractivity contribution in [2.75, 3.05) is 17.7 Å². The molecule has 6 heteroatoms. The second-order valence-corrected chi connectivity index (χ2v) is 6.07. The molecule has 5 nitrogen and oxygen atoms in total. The number of rotatable bonds is 6. The maximum atomic E-state index is 11.6. The number of nitrogens with zero attached hydrogens (tertiary/aromatic N) is 3. The van der Waals surface area contributed by atoms with Crippen molar-refractivity contribution in [1.29, 1.82) is 0 Å². The Balaban J connectivity index is 2.33. The van der Waals surface area contributed by atoms with Crippen molar-refractivity contribution in [3.8, 4) is 0 Å². The van der Waals surface area contributed by atoms with Crippen LogP contribution in [0.2, 0.25) is 0 Å². The number of hydrogen-bond acceptors (Lipinski definition) is 4. The van der Waals surface area contributed by atoms with Crippen LogP contribution in [0.5, 0.6) is 0 Å². The fourth-order valence-electron chi connectivity index (χ4n) is 2.24. The molecule has 21 heavy (non-hydrogen) atoms. The molecule has 0 radical (unpaired) electrons. The van der Waals surface area contributed by atoms with Gasteiger partial charge >= 0.3 is 5.97 Å². The predicted molar refractivity (Wildman–Crippen MR) is 85.1 cm³/mol. The summed E-state index contributed by atoms with van der Waals surface area (Å²) in [6.07, 6.45) is 3.73. The molecular formula is C15H19N3O2S. The standard InChI is InChI=1S/C15H19N3O2S/c1-4-21-13-7-5-6-12(14(13)15(19)20)17(2)9-11-8-16-18(3)10-11/h5-8,10H,4,9H2,1-3H3,(H,19,20). The van der Waals surface area contributed by atoms with Crippen molar-refractivity contribution in [1.82, 2.24) is 9.78 Å². The van der Waals surface area contributed by atoms with E-state index in [0.717, 1.165) is 21.9 Å². The highest BCUT2D eigenvalue weighted by molar-refractivity contribution is 7.99. The molecule has 1 heterocycles. The lowest BCUT2D eigenvalue weighted by Crippen LogP contribution is -2.19. The van der Waals surface area contributed by atoms with E-state index in [0.29, 0.717) is 12.1 Å². The minimum absolute atomic E-state index is 0.371. The molecular weight excluding hydrogens is 286 g/mol. The van der Waals surface area contributed by atoms with Crippen molar-refractivity contribution in [3.05, 3.63) is 41.7 Å². The fraction of sp³-hybridized carbons (Fsp3) is 0.333. The van der Waals surface area contributed by atoms with Crippen LogP contribution in [-0.2, 0) is 13.6 Å². The maximum Gasteiger partial charge on any atom is 0.338 e. The lowest BCUT2D eigenvalue weighted by atomic mass is 10.1. The number of aromatic nitrogens is 2. The fourth-order valence-corrected chi connectivity index (χ4v) is 3.06. The third-order valence-corrected chi connectivity index (χ3v) is 4.05. The molecule has 1 aromatic carbocycles. The zero-order valence-electron chi connectivity index (χ0n) is 12.4. The third kappa shape index (κ3) is 3.58. The molecule has 0 aliphatic rings. The molecule has 0 aliphatic heterocycles. The summed E-state index contributed by atoms with van der Waals surface area (Å²) >= 11 is 1.55. The highest BCUT2D eigenvalue weighted by Crippen LogP contribution is 2.31. The Bertz CT molecular complexity index is 640. The number of carbonyl (C=O) groups is 1. The molecule has 1 aromatic heterocycles. The molecule has 0 saturated heterocycles. The Hall–Kier alpha value is -1.95. The number of aryl methyl sites for hydroxylation is 1. The Morgan fingerprint density at radius 2 is 2.24 bits per heavy atom. The molecule has 2 aromatic rings. The molecule has 0 atom stereocenters. The van der Waals surface area contributed by atoms with Gasteiger partial charge in [0.15, 0.2) is 0 Å². The largest absolute Gasteiger partial charge is 0.478 e. The van der Waals surface area contributed by atoms with E-state index in [1.807, 2.05) is 50.3 Å². The van der Waals surface area contributed by atoms with E-state index in [2.05, 4.69) is 5.10 Å². The predicted octanol–water partition coefficient (Wildman–Crippen LogP) is 2.87. The Kier molecular flexibility index (Phi) is 4.90. The van der Waals surface area contributed by atoms with E-state index in [1.165, 1.54) is 0 Å². The molecule has 2 rings (SSSR count). The van der Waals surface area contributed by atoms with Crippen LogP contribution in [0.4, 0.5) is 5.69 Å². The minimum Gasteiger partial charge on any atom is -0.478 e. The summed E-state index contributed by atoms with van der Waals surface area (Å²) in [5.41, 5.74) is 2.14. The molecule has 0 bridgehead atoms. The van der Waals surface area contributed by atoms with Gasteiger partial charge in [-0.05, 0) is 17.9 Å². The van der Waals surface area contributed by atoms with E-state index >= 15 is 0 Å². The number of hydrogen-bond donors (Lipinski definition) is 1. The molecule has 0 saturated carbocycles. The Morgan fingerprint density at radius 3 is 2.81 bits per heavy atom. The number of anilines is 1. The molecule has 0 unspecified atom stereocenters. The van der Waals surface area contributed by atoms with Gasteiger partial charge in [-0.3, -0.25) is 4.68 Å². The van der Waals surface area contributed by atoms with Gasteiger partial charge in [-0.25, -0.2) is 4.79 Å². The summed E-state index contributed by atoms with van der Waals surface area (Å²) in [5.74, 6) is -0.0460. The minimum atomic E-state index is -0.889. The van der Waals surface area contributed by atoms with Crippen LogP contribution in [-0.4, -0.2) is 33.7 Å². The lowest BCUT2D eigenvalue weighted by molar-refractivity contribution is 0.0694. The summed E-state index contributed by atoms with van der Waals surface area (Å²) in [6.45, 7) is 2.64. The Morgan fingerprint density at radius 1 is 1.48 bits per heavy atom. The van der Waals surface area contributed by atoms with Crippen molar-refractivity contribution in [2.24, 2.45) is 7.05 Å². The SMILES string of the molecule is CCSc1cccc(N(C)Cc2cnn(C)c2)c1C(=O)O. The molecule has 1 N–H and O–H groups in total. The first-order valence-corrected chi connectivity index (χ1v) is 7.69. The highest BCUT2D eigenvalue weighted by atomic mass is 32.2. The molecule has 0 amide bonds. The van der Waals surface area contributed by atoms with E-state index in [1.54, 1.807) is 22.6 Å². The average molecular weight is 305 g/mol. The quantitative estimate of drug-likeness (QED) is 0.832. The molecule has 0 aliphatic carbocycles. The van der Waals surface area contributed by atoms with Gasteiger partial charge in [0.1, 0.15) is 0 Å². The maximum absolute atomic E-state index is 11.6. The molecule has 112 valence electrons. The Labute approximate surface area is 128 Å². The lowest BCUT2D eigenvalue weighted by Gasteiger charge is -2.22. The first kappa shape index (κ1) is 15.4. The second kappa shape index (κ2) is 6.67. The van der Waals surface area contributed by atoms with Gasteiger partial charge in [0.05, 0.1) is 17.4 Å². The number of aromatic carboxylic acids is 1. The van der Waals surface area contributed by atoms with E-state index in [-0.39, 0.29) is 0 Å². The number of benzene rings is 1. The van der Waals surface area contributed by atoms with E-state index < -0.39 is 5.97 Å². The zero-order chi connectivity index (χ0) is 15.4. The van der Waals surface area contributed by atoms with Gasteiger partial charge in [0, 0.05) is 37.3 Å². The first-order chi connectivity index (χ1) is 10.0. The number of carboxylic acids is 1. The van der Waals surface area contributed by atoms with Gasteiger partial charge < -0.3 is 10.0 Å². The zero-order valence-corrected chi connectivity index (χ0v) is 13.2. The van der Waals surface area contributed by atoms with Gasteiger partial charge in [-0.2, -0.15) is 5.10 Å². The van der Waals surface area contributed by atoms with Crippen molar-refractivity contribution < 1.29 is 9.90 Å².